The maximum atomic E-state index is 12.7. The number of carboxylic acid groups (broad SMARTS) is 1. The third kappa shape index (κ3) is 6.57. The molecule has 3 N–H and O–H groups in total. The zero-order chi connectivity index (χ0) is 24.9. The lowest BCUT2D eigenvalue weighted by Gasteiger charge is -2.25. The number of benzene rings is 2. The van der Waals surface area contributed by atoms with Crippen LogP contribution >= 0.6 is 0 Å². The molecule has 2 aromatic carbocycles. The van der Waals surface area contributed by atoms with Crippen LogP contribution in [0.25, 0.3) is 11.1 Å². The molecule has 8 nitrogen and oxygen atoms in total. The van der Waals surface area contributed by atoms with E-state index in [-0.39, 0.29) is 25.6 Å². The molecule has 182 valence electrons. The van der Waals surface area contributed by atoms with E-state index in [9.17, 15) is 14.4 Å². The van der Waals surface area contributed by atoms with Crippen molar-refractivity contribution < 1.29 is 29.0 Å². The highest BCUT2D eigenvalue weighted by atomic mass is 16.5. The number of nitrogens with one attached hydrogen (secondary N) is 2. The van der Waals surface area contributed by atoms with Crippen LogP contribution in [0.2, 0.25) is 0 Å². The molecular weight excluding hydrogens is 436 g/mol. The topological polar surface area (TPSA) is 114 Å². The first-order valence-electron chi connectivity index (χ1n) is 11.3. The van der Waals surface area contributed by atoms with Gasteiger partial charge in [0.25, 0.3) is 0 Å². The van der Waals surface area contributed by atoms with Crippen LogP contribution in [-0.4, -0.2) is 54.0 Å². The number of alkyl carbamates (subject to hydrolysis) is 1. The number of aliphatic carboxylic acids is 1. The Bertz CT molecular complexity index is 1000. The predicted molar refractivity (Wildman–Crippen MR) is 128 cm³/mol. The second-order valence-electron chi connectivity index (χ2n) is 9.45. The molecule has 0 spiro atoms. The molecule has 0 radical (unpaired) electrons. The second-order valence-corrected chi connectivity index (χ2v) is 9.45. The number of carbonyl (C=O) groups excluding carboxylic acids is 2. The Morgan fingerprint density at radius 2 is 1.53 bits per heavy atom. The van der Waals surface area contributed by atoms with Gasteiger partial charge in [0.15, 0.2) is 0 Å². The second kappa shape index (κ2) is 10.7. The molecule has 0 fully saturated rings. The fourth-order valence-electron chi connectivity index (χ4n) is 3.95. The summed E-state index contributed by atoms with van der Waals surface area (Å²) in [6, 6.07) is 14.4. The maximum absolute atomic E-state index is 12.7. The van der Waals surface area contributed by atoms with E-state index in [2.05, 4.69) is 22.8 Å². The van der Waals surface area contributed by atoms with Gasteiger partial charge in [0.05, 0.1) is 18.6 Å². The van der Waals surface area contributed by atoms with Crippen molar-refractivity contribution in [2.24, 2.45) is 0 Å². The number of hydrogen-bond donors (Lipinski definition) is 3. The van der Waals surface area contributed by atoms with Crippen LogP contribution in [-0.2, 0) is 19.1 Å². The highest BCUT2D eigenvalue weighted by Crippen LogP contribution is 2.44. The van der Waals surface area contributed by atoms with Gasteiger partial charge in [-0.25, -0.2) is 4.79 Å². The lowest BCUT2D eigenvalue weighted by atomic mass is 9.98. The van der Waals surface area contributed by atoms with Gasteiger partial charge in [-0.15, -0.1) is 0 Å². The Morgan fingerprint density at radius 1 is 0.971 bits per heavy atom. The van der Waals surface area contributed by atoms with Crippen molar-refractivity contribution in [3.8, 4) is 11.1 Å². The van der Waals surface area contributed by atoms with Gasteiger partial charge in [0.1, 0.15) is 12.6 Å². The van der Waals surface area contributed by atoms with E-state index in [0.717, 1.165) is 22.3 Å². The molecular formula is C26H32N2O6. The van der Waals surface area contributed by atoms with Gasteiger partial charge >= 0.3 is 12.1 Å². The molecule has 0 saturated carbocycles. The monoisotopic (exact) mass is 468 g/mol. The largest absolute Gasteiger partial charge is 0.481 e. The Morgan fingerprint density at radius 3 is 2.06 bits per heavy atom. The summed E-state index contributed by atoms with van der Waals surface area (Å²) in [6.45, 7) is 7.12. The Hall–Kier alpha value is -3.39. The van der Waals surface area contributed by atoms with Crippen LogP contribution in [0.15, 0.2) is 48.5 Å². The van der Waals surface area contributed by atoms with Crippen molar-refractivity contribution in [1.29, 1.82) is 0 Å². The predicted octanol–water partition coefficient (Wildman–Crippen LogP) is 3.69. The SMILES string of the molecule is C[C@H](CC(=O)O)NC(=O)[C@H](COC(C)(C)C)NC(=O)OCC1c2ccccc2-c2ccccc21. The molecule has 0 unspecified atom stereocenters. The summed E-state index contributed by atoms with van der Waals surface area (Å²) in [5.41, 5.74) is 3.88. The summed E-state index contributed by atoms with van der Waals surface area (Å²) in [5, 5.41) is 14.1. The molecule has 2 amide bonds. The number of rotatable bonds is 9. The zero-order valence-corrected chi connectivity index (χ0v) is 20.0. The summed E-state index contributed by atoms with van der Waals surface area (Å²) in [6.07, 6.45) is -0.978. The number of amides is 2. The lowest BCUT2D eigenvalue weighted by molar-refractivity contribution is -0.137. The first-order valence-corrected chi connectivity index (χ1v) is 11.3. The molecule has 2 aromatic rings. The highest BCUT2D eigenvalue weighted by molar-refractivity contribution is 5.86. The number of carboxylic acids is 1. The van der Waals surface area contributed by atoms with Crippen LogP contribution in [0.3, 0.4) is 0 Å². The van der Waals surface area contributed by atoms with Gasteiger partial charge in [-0.1, -0.05) is 48.5 Å². The van der Waals surface area contributed by atoms with Gasteiger partial charge in [0.2, 0.25) is 5.91 Å². The summed E-state index contributed by atoms with van der Waals surface area (Å²) in [4.78, 5) is 36.3. The molecule has 8 heteroatoms. The first-order chi connectivity index (χ1) is 16.0. The number of carbonyl (C=O) groups is 3. The molecule has 0 aliphatic heterocycles. The third-order valence-electron chi connectivity index (χ3n) is 5.50. The van der Waals surface area contributed by atoms with Crippen molar-refractivity contribution in [1.82, 2.24) is 10.6 Å². The van der Waals surface area contributed by atoms with E-state index in [0.29, 0.717) is 0 Å². The minimum absolute atomic E-state index is 0.0840. The van der Waals surface area contributed by atoms with Gasteiger partial charge in [-0.05, 0) is 49.9 Å². The molecule has 0 heterocycles. The average molecular weight is 469 g/mol. The van der Waals surface area contributed by atoms with E-state index in [1.165, 1.54) is 0 Å². The molecule has 0 saturated heterocycles. The van der Waals surface area contributed by atoms with Gasteiger partial charge < -0.3 is 25.2 Å². The van der Waals surface area contributed by atoms with Gasteiger partial charge in [0, 0.05) is 12.0 Å². The zero-order valence-electron chi connectivity index (χ0n) is 20.0. The van der Waals surface area contributed by atoms with E-state index in [1.807, 2.05) is 57.2 Å². The molecule has 2 atom stereocenters. The fourth-order valence-corrected chi connectivity index (χ4v) is 3.95. The number of fused-ring (bicyclic) bond motifs is 3. The maximum Gasteiger partial charge on any atom is 0.407 e. The molecule has 1 aliphatic carbocycles. The van der Waals surface area contributed by atoms with Gasteiger partial charge in [-0.3, -0.25) is 9.59 Å². The number of ether oxygens (including phenoxy) is 2. The minimum atomic E-state index is -1.04. The molecule has 34 heavy (non-hydrogen) atoms. The van der Waals surface area contributed by atoms with Crippen LogP contribution in [0, 0.1) is 0 Å². The summed E-state index contributed by atoms with van der Waals surface area (Å²) in [7, 11) is 0. The van der Waals surface area contributed by atoms with Crippen molar-refractivity contribution in [3.63, 3.8) is 0 Å². The molecule has 3 rings (SSSR count). The third-order valence-corrected chi connectivity index (χ3v) is 5.50. The number of hydrogen-bond acceptors (Lipinski definition) is 5. The average Bonchev–Trinajstić information content (AvgIpc) is 3.07. The van der Waals surface area contributed by atoms with Gasteiger partial charge in [-0.2, -0.15) is 0 Å². The highest BCUT2D eigenvalue weighted by Gasteiger charge is 2.30. The Balaban J connectivity index is 1.66. The van der Waals surface area contributed by atoms with Crippen LogP contribution in [0.1, 0.15) is 51.2 Å². The molecule has 1 aliphatic rings. The summed E-state index contributed by atoms with van der Waals surface area (Å²) in [5.74, 6) is -1.67. The Labute approximate surface area is 199 Å². The smallest absolute Gasteiger partial charge is 0.407 e. The normalized spacial score (nSPS) is 14.5. The van der Waals surface area contributed by atoms with E-state index in [1.54, 1.807) is 6.92 Å². The molecule has 0 aromatic heterocycles. The summed E-state index contributed by atoms with van der Waals surface area (Å²) >= 11 is 0. The lowest BCUT2D eigenvalue weighted by Crippen LogP contribution is -2.52. The van der Waals surface area contributed by atoms with E-state index >= 15 is 0 Å². The molecule has 0 bridgehead atoms. The van der Waals surface area contributed by atoms with Crippen LogP contribution < -0.4 is 10.6 Å². The van der Waals surface area contributed by atoms with Crippen LogP contribution in [0.5, 0.6) is 0 Å². The standard InChI is InChI=1S/C26H32N2O6/c1-16(13-23(29)30)27-24(31)22(15-34-26(2,3)4)28-25(32)33-14-21-19-11-7-5-9-17(19)18-10-6-8-12-20(18)21/h5-12,16,21-22H,13-15H2,1-4H3,(H,27,31)(H,28,32)(H,29,30)/t16-,22+/m1/s1. The fraction of sp³-hybridized carbons (Fsp3) is 0.423. The van der Waals surface area contributed by atoms with E-state index in [4.69, 9.17) is 14.6 Å². The first kappa shape index (κ1) is 25.2. The van der Waals surface area contributed by atoms with Crippen LogP contribution in [0.4, 0.5) is 4.79 Å². The van der Waals surface area contributed by atoms with Crippen molar-refractivity contribution in [2.75, 3.05) is 13.2 Å². The summed E-state index contributed by atoms with van der Waals surface area (Å²) < 4.78 is 11.2. The van der Waals surface area contributed by atoms with Crippen molar-refractivity contribution in [2.45, 2.75) is 57.7 Å². The Kier molecular flexibility index (Phi) is 7.94. The van der Waals surface area contributed by atoms with Crippen molar-refractivity contribution in [3.05, 3.63) is 59.7 Å². The quantitative estimate of drug-likeness (QED) is 0.517. The van der Waals surface area contributed by atoms with Crippen molar-refractivity contribution >= 4 is 18.0 Å². The minimum Gasteiger partial charge on any atom is -0.481 e. The van der Waals surface area contributed by atoms with E-state index < -0.39 is 35.7 Å².